The Morgan fingerprint density at radius 3 is 2.85 bits per heavy atom. The second-order valence-electron chi connectivity index (χ2n) is 4.18. The van der Waals surface area contributed by atoms with Gasteiger partial charge in [0.2, 0.25) is 0 Å². The Morgan fingerprint density at radius 1 is 1.40 bits per heavy atom. The molecule has 1 heterocycles. The van der Waals surface area contributed by atoms with E-state index in [0.29, 0.717) is 17.1 Å². The van der Waals surface area contributed by atoms with Crippen LogP contribution in [-0.2, 0) is 6.54 Å². The van der Waals surface area contributed by atoms with Gasteiger partial charge in [-0.1, -0.05) is 17.7 Å². The number of hydrogen-bond acceptors (Lipinski definition) is 3. The van der Waals surface area contributed by atoms with Crippen LogP contribution in [0.25, 0.3) is 0 Å². The second-order valence-corrected chi connectivity index (χ2v) is 5.00. The summed E-state index contributed by atoms with van der Waals surface area (Å²) < 4.78 is 5.15. The van der Waals surface area contributed by atoms with Crippen LogP contribution in [0.15, 0.2) is 41.0 Å². The molecule has 0 aliphatic rings. The predicted octanol–water partition coefficient (Wildman–Crippen LogP) is 3.05. The molecule has 2 rings (SSSR count). The van der Waals surface area contributed by atoms with Crippen LogP contribution in [0.4, 0.5) is 0 Å². The van der Waals surface area contributed by atoms with Gasteiger partial charge in [-0.15, -0.1) is 0 Å². The van der Waals surface area contributed by atoms with Crippen molar-refractivity contribution in [3.05, 3.63) is 58.5 Å². The summed E-state index contributed by atoms with van der Waals surface area (Å²) in [6, 6.07) is 8.70. The number of benzene rings is 1. The third-order valence-electron chi connectivity index (χ3n) is 2.66. The van der Waals surface area contributed by atoms with E-state index in [-0.39, 0.29) is 11.0 Å². The molecule has 0 unspecified atom stereocenters. The first-order chi connectivity index (χ1) is 9.56. The average molecular weight is 309 g/mol. The molecule has 0 radical (unpaired) electrons. The number of nitrogens with one attached hydrogen (secondary N) is 2. The smallest absolute Gasteiger partial charge is 0.257 e. The van der Waals surface area contributed by atoms with Crippen molar-refractivity contribution in [2.24, 2.45) is 0 Å². The Labute approximate surface area is 127 Å². The molecule has 0 bridgehead atoms. The number of amides is 1. The van der Waals surface area contributed by atoms with Crippen LogP contribution in [-0.4, -0.2) is 11.0 Å². The molecule has 2 N–H and O–H groups in total. The van der Waals surface area contributed by atoms with E-state index < -0.39 is 0 Å². The van der Waals surface area contributed by atoms with Gasteiger partial charge in [0.05, 0.1) is 12.8 Å². The Balaban J connectivity index is 1.90. The summed E-state index contributed by atoms with van der Waals surface area (Å²) in [6.07, 6.45) is 1.58. The fraction of sp³-hybridized carbons (Fsp3) is 0.143. The first-order valence-electron chi connectivity index (χ1n) is 5.94. The Morgan fingerprint density at radius 2 is 2.20 bits per heavy atom. The van der Waals surface area contributed by atoms with E-state index in [9.17, 15) is 4.79 Å². The van der Waals surface area contributed by atoms with Gasteiger partial charge in [0.1, 0.15) is 5.76 Å². The zero-order valence-electron chi connectivity index (χ0n) is 10.8. The third kappa shape index (κ3) is 3.82. The van der Waals surface area contributed by atoms with Crippen LogP contribution in [0.1, 0.15) is 21.7 Å². The van der Waals surface area contributed by atoms with Crippen molar-refractivity contribution in [3.63, 3.8) is 0 Å². The third-order valence-corrected chi connectivity index (χ3v) is 3.32. The molecule has 0 saturated carbocycles. The molecule has 0 aliphatic carbocycles. The minimum Gasteiger partial charge on any atom is -0.467 e. The van der Waals surface area contributed by atoms with Crippen molar-refractivity contribution in [2.75, 3.05) is 0 Å². The fourth-order valence-corrected chi connectivity index (χ4v) is 1.88. The standard InChI is InChI=1S/C14H13ClN2O2S/c1-9-4-5-10(7-12(9)15)13(18)17-14(20)16-8-11-3-2-6-19-11/h2-7H,8H2,1H3,(H2,16,17,18,20). The van der Waals surface area contributed by atoms with Crippen molar-refractivity contribution in [2.45, 2.75) is 13.5 Å². The zero-order valence-corrected chi connectivity index (χ0v) is 12.3. The maximum absolute atomic E-state index is 12.0. The summed E-state index contributed by atoms with van der Waals surface area (Å²) in [7, 11) is 0. The quantitative estimate of drug-likeness (QED) is 0.856. The minimum absolute atomic E-state index is 0.239. The molecular formula is C14H13ClN2O2S. The molecule has 0 atom stereocenters. The Kier molecular flexibility index (Phi) is 4.76. The van der Waals surface area contributed by atoms with Gasteiger partial charge >= 0.3 is 0 Å². The lowest BCUT2D eigenvalue weighted by atomic mass is 10.1. The number of carbonyl (C=O) groups is 1. The number of thiocarbonyl (C=S) groups is 1. The molecule has 0 spiro atoms. The largest absolute Gasteiger partial charge is 0.467 e. The predicted molar refractivity (Wildman–Crippen MR) is 81.8 cm³/mol. The summed E-state index contributed by atoms with van der Waals surface area (Å²) in [6.45, 7) is 2.29. The Hall–Kier alpha value is -1.85. The summed E-state index contributed by atoms with van der Waals surface area (Å²) in [5.41, 5.74) is 1.38. The van der Waals surface area contributed by atoms with Gasteiger partial charge in [-0.05, 0) is 49.0 Å². The summed E-state index contributed by atoms with van der Waals surface area (Å²) in [5, 5.41) is 6.26. The summed E-state index contributed by atoms with van der Waals surface area (Å²) in [4.78, 5) is 12.0. The number of aryl methyl sites for hydroxylation is 1. The highest BCUT2D eigenvalue weighted by Gasteiger charge is 2.09. The maximum Gasteiger partial charge on any atom is 0.257 e. The van der Waals surface area contributed by atoms with Crippen molar-refractivity contribution in [1.29, 1.82) is 0 Å². The van der Waals surface area contributed by atoms with E-state index in [1.54, 1.807) is 30.5 Å². The maximum atomic E-state index is 12.0. The van der Waals surface area contributed by atoms with Crippen LogP contribution >= 0.6 is 23.8 Å². The first-order valence-corrected chi connectivity index (χ1v) is 6.72. The summed E-state index contributed by atoms with van der Waals surface area (Å²) >= 11 is 11.0. The monoisotopic (exact) mass is 308 g/mol. The molecular weight excluding hydrogens is 296 g/mol. The van der Waals surface area contributed by atoms with E-state index in [2.05, 4.69) is 10.6 Å². The van der Waals surface area contributed by atoms with Gasteiger partial charge in [0.25, 0.3) is 5.91 Å². The van der Waals surface area contributed by atoms with E-state index in [4.69, 9.17) is 28.2 Å². The zero-order chi connectivity index (χ0) is 14.5. The van der Waals surface area contributed by atoms with Crippen molar-refractivity contribution < 1.29 is 9.21 Å². The number of rotatable bonds is 3. The van der Waals surface area contributed by atoms with Crippen LogP contribution in [0.5, 0.6) is 0 Å². The molecule has 1 aromatic heterocycles. The normalized spacial score (nSPS) is 10.1. The fourth-order valence-electron chi connectivity index (χ4n) is 1.53. The number of carbonyl (C=O) groups excluding carboxylic acids is 1. The van der Waals surface area contributed by atoms with E-state index in [0.717, 1.165) is 11.3 Å². The van der Waals surface area contributed by atoms with Crippen molar-refractivity contribution >= 4 is 34.8 Å². The lowest BCUT2D eigenvalue weighted by molar-refractivity contribution is 0.0976. The molecule has 2 aromatic rings. The van der Waals surface area contributed by atoms with Crippen molar-refractivity contribution in [3.8, 4) is 0 Å². The SMILES string of the molecule is Cc1ccc(C(=O)NC(=S)NCc2ccco2)cc1Cl. The van der Waals surface area contributed by atoms with Gasteiger partial charge in [-0.25, -0.2) is 0 Å². The van der Waals surface area contributed by atoms with Crippen molar-refractivity contribution in [1.82, 2.24) is 10.6 Å². The number of halogens is 1. The highest BCUT2D eigenvalue weighted by Crippen LogP contribution is 2.16. The summed E-state index contributed by atoms with van der Waals surface area (Å²) in [5.74, 6) is 0.434. The van der Waals surface area contributed by atoms with Gasteiger partial charge in [0, 0.05) is 10.6 Å². The topological polar surface area (TPSA) is 54.3 Å². The molecule has 6 heteroatoms. The van der Waals surface area contributed by atoms with Gasteiger partial charge in [-0.3, -0.25) is 10.1 Å². The number of hydrogen-bond donors (Lipinski definition) is 2. The van der Waals surface area contributed by atoms with Gasteiger partial charge in [-0.2, -0.15) is 0 Å². The van der Waals surface area contributed by atoms with E-state index >= 15 is 0 Å². The first kappa shape index (κ1) is 14.6. The number of furan rings is 1. The highest BCUT2D eigenvalue weighted by atomic mass is 35.5. The van der Waals surface area contributed by atoms with Crippen LogP contribution in [0.2, 0.25) is 5.02 Å². The molecule has 0 saturated heterocycles. The Bertz CT molecular complexity index is 626. The molecule has 20 heavy (non-hydrogen) atoms. The highest BCUT2D eigenvalue weighted by molar-refractivity contribution is 7.80. The van der Waals surface area contributed by atoms with E-state index in [1.807, 2.05) is 13.0 Å². The van der Waals surface area contributed by atoms with Gasteiger partial charge < -0.3 is 9.73 Å². The lowest BCUT2D eigenvalue weighted by Crippen LogP contribution is -2.38. The molecule has 1 aromatic carbocycles. The van der Waals surface area contributed by atoms with Crippen LogP contribution < -0.4 is 10.6 Å². The van der Waals surface area contributed by atoms with Crippen LogP contribution in [0.3, 0.4) is 0 Å². The molecule has 4 nitrogen and oxygen atoms in total. The minimum atomic E-state index is -0.302. The average Bonchev–Trinajstić information content (AvgIpc) is 2.92. The lowest BCUT2D eigenvalue weighted by Gasteiger charge is -2.09. The van der Waals surface area contributed by atoms with Crippen LogP contribution in [0, 0.1) is 6.92 Å². The molecule has 1 amide bonds. The molecule has 0 aliphatic heterocycles. The van der Waals surface area contributed by atoms with Gasteiger partial charge in [0.15, 0.2) is 5.11 Å². The molecule has 104 valence electrons. The molecule has 0 fully saturated rings. The second kappa shape index (κ2) is 6.54. The van der Waals surface area contributed by atoms with E-state index in [1.165, 1.54) is 0 Å².